The Bertz CT molecular complexity index is 689. The number of carbonyl (C=O) groups is 1. The highest BCUT2D eigenvalue weighted by Gasteiger charge is 2.14. The van der Waals surface area contributed by atoms with Crippen molar-refractivity contribution in [3.05, 3.63) is 46.2 Å². The molecule has 1 aromatic heterocycles. The molecular weight excluding hydrogens is 260 g/mol. The molecule has 1 aromatic carbocycles. The van der Waals surface area contributed by atoms with Crippen LogP contribution in [0.15, 0.2) is 35.1 Å². The molecule has 0 fully saturated rings. The van der Waals surface area contributed by atoms with E-state index in [1.165, 1.54) is 6.07 Å². The number of methoxy groups -OCH3 is 1. The van der Waals surface area contributed by atoms with Gasteiger partial charge >= 0.3 is 5.97 Å². The Labute approximate surface area is 115 Å². The maximum atomic E-state index is 11.8. The van der Waals surface area contributed by atoms with Crippen LogP contribution in [0.2, 0.25) is 0 Å². The molecule has 1 heterocycles. The van der Waals surface area contributed by atoms with E-state index in [0.29, 0.717) is 18.0 Å². The normalized spacial score (nSPS) is 10.3. The van der Waals surface area contributed by atoms with Gasteiger partial charge in [0.15, 0.2) is 0 Å². The number of ether oxygens (including phenoxy) is 1. The molecule has 0 aliphatic carbocycles. The van der Waals surface area contributed by atoms with Crippen molar-refractivity contribution in [2.24, 2.45) is 0 Å². The van der Waals surface area contributed by atoms with Gasteiger partial charge in [0.1, 0.15) is 11.3 Å². The van der Waals surface area contributed by atoms with Crippen LogP contribution in [0.25, 0.3) is 11.3 Å². The highest BCUT2D eigenvalue weighted by atomic mass is 16.5. The van der Waals surface area contributed by atoms with Gasteiger partial charge in [-0.25, -0.2) is 9.48 Å². The summed E-state index contributed by atoms with van der Waals surface area (Å²) in [7, 11) is 1.56. The molecule has 2 aromatic rings. The van der Waals surface area contributed by atoms with Crippen LogP contribution >= 0.6 is 0 Å². The van der Waals surface area contributed by atoms with Crippen molar-refractivity contribution in [2.75, 3.05) is 7.11 Å². The molecule has 0 atom stereocenters. The van der Waals surface area contributed by atoms with Crippen molar-refractivity contribution in [3.63, 3.8) is 0 Å². The summed E-state index contributed by atoms with van der Waals surface area (Å²) in [6.07, 6.45) is 0. The lowest BCUT2D eigenvalue weighted by Gasteiger charge is -2.07. The summed E-state index contributed by atoms with van der Waals surface area (Å²) in [5, 5.41) is 13.2. The monoisotopic (exact) mass is 274 g/mol. The summed E-state index contributed by atoms with van der Waals surface area (Å²) < 4.78 is 6.20. The summed E-state index contributed by atoms with van der Waals surface area (Å²) in [5.74, 6) is -0.564. The Kier molecular flexibility index (Phi) is 3.84. The van der Waals surface area contributed by atoms with E-state index in [9.17, 15) is 9.59 Å². The highest BCUT2D eigenvalue weighted by Crippen LogP contribution is 2.20. The topological polar surface area (TPSA) is 81.4 Å². The minimum Gasteiger partial charge on any atom is -0.497 e. The van der Waals surface area contributed by atoms with Gasteiger partial charge in [0, 0.05) is 12.1 Å². The largest absolute Gasteiger partial charge is 0.497 e. The lowest BCUT2D eigenvalue weighted by Crippen LogP contribution is -2.28. The van der Waals surface area contributed by atoms with Crippen molar-refractivity contribution in [1.82, 2.24) is 9.78 Å². The van der Waals surface area contributed by atoms with Crippen LogP contribution in [0.4, 0.5) is 0 Å². The maximum absolute atomic E-state index is 11.8. The smallest absolute Gasteiger partial charge is 0.341 e. The summed E-state index contributed by atoms with van der Waals surface area (Å²) in [5.41, 5.74) is 0.270. The lowest BCUT2D eigenvalue weighted by molar-refractivity contribution is 0.0693. The van der Waals surface area contributed by atoms with E-state index >= 15 is 0 Å². The molecule has 0 saturated carbocycles. The third kappa shape index (κ3) is 2.54. The molecule has 0 bridgehead atoms. The predicted octanol–water partition coefficient (Wildman–Crippen LogP) is 1.64. The second-order valence-electron chi connectivity index (χ2n) is 4.10. The number of hydrogen-bond acceptors (Lipinski definition) is 4. The van der Waals surface area contributed by atoms with Crippen LogP contribution in [0.3, 0.4) is 0 Å². The van der Waals surface area contributed by atoms with Gasteiger partial charge in [0.05, 0.1) is 12.8 Å². The van der Waals surface area contributed by atoms with Crippen LogP contribution in [0.1, 0.15) is 17.3 Å². The summed E-state index contributed by atoms with van der Waals surface area (Å²) >= 11 is 0. The van der Waals surface area contributed by atoms with Crippen LogP contribution in [-0.2, 0) is 6.54 Å². The van der Waals surface area contributed by atoms with Gasteiger partial charge < -0.3 is 9.84 Å². The molecule has 0 saturated heterocycles. The maximum Gasteiger partial charge on any atom is 0.341 e. The first-order valence-electron chi connectivity index (χ1n) is 6.06. The molecule has 6 heteroatoms. The molecule has 1 N–H and O–H groups in total. The Morgan fingerprint density at radius 3 is 2.50 bits per heavy atom. The van der Waals surface area contributed by atoms with Gasteiger partial charge in [-0.3, -0.25) is 4.79 Å². The van der Waals surface area contributed by atoms with Crippen LogP contribution in [-0.4, -0.2) is 28.0 Å². The van der Waals surface area contributed by atoms with Crippen molar-refractivity contribution in [2.45, 2.75) is 13.5 Å². The minimum atomic E-state index is -1.26. The molecule has 20 heavy (non-hydrogen) atoms. The fraction of sp³-hybridized carbons (Fsp3) is 0.214. The third-order valence-corrected chi connectivity index (χ3v) is 2.89. The number of aryl methyl sites for hydroxylation is 1. The van der Waals surface area contributed by atoms with Gasteiger partial charge in [-0.1, -0.05) is 0 Å². The average Bonchev–Trinajstić information content (AvgIpc) is 2.47. The van der Waals surface area contributed by atoms with E-state index in [0.717, 1.165) is 10.2 Å². The highest BCUT2D eigenvalue weighted by molar-refractivity contribution is 5.88. The van der Waals surface area contributed by atoms with E-state index < -0.39 is 11.5 Å². The van der Waals surface area contributed by atoms with Crippen molar-refractivity contribution in [1.29, 1.82) is 0 Å². The second-order valence-corrected chi connectivity index (χ2v) is 4.10. The Morgan fingerprint density at radius 1 is 1.35 bits per heavy atom. The second kappa shape index (κ2) is 5.56. The quantitative estimate of drug-likeness (QED) is 0.916. The van der Waals surface area contributed by atoms with Crippen LogP contribution in [0, 0.1) is 0 Å². The van der Waals surface area contributed by atoms with Crippen molar-refractivity contribution < 1.29 is 14.6 Å². The first-order chi connectivity index (χ1) is 9.56. The molecule has 0 spiro atoms. The van der Waals surface area contributed by atoms with Gasteiger partial charge in [-0.05, 0) is 37.3 Å². The lowest BCUT2D eigenvalue weighted by atomic mass is 10.1. The molecule has 2 rings (SSSR count). The molecule has 104 valence electrons. The molecule has 0 amide bonds. The number of benzene rings is 1. The van der Waals surface area contributed by atoms with Crippen LogP contribution < -0.4 is 10.3 Å². The Hall–Kier alpha value is -2.63. The molecule has 0 aliphatic heterocycles. The number of aromatic carboxylic acids is 1. The third-order valence-electron chi connectivity index (χ3n) is 2.89. The van der Waals surface area contributed by atoms with Crippen LogP contribution in [0.5, 0.6) is 5.75 Å². The van der Waals surface area contributed by atoms with E-state index in [2.05, 4.69) is 5.10 Å². The fourth-order valence-electron chi connectivity index (χ4n) is 1.81. The molecule has 0 aliphatic rings. The van der Waals surface area contributed by atoms with Gasteiger partial charge in [-0.2, -0.15) is 5.10 Å². The van der Waals surface area contributed by atoms with Gasteiger partial charge in [0.2, 0.25) is 0 Å². The average molecular weight is 274 g/mol. The Balaban J connectivity index is 2.58. The summed E-state index contributed by atoms with van der Waals surface area (Å²) in [6.45, 7) is 2.04. The molecule has 0 radical (unpaired) electrons. The summed E-state index contributed by atoms with van der Waals surface area (Å²) in [4.78, 5) is 22.9. The first-order valence-corrected chi connectivity index (χ1v) is 6.06. The zero-order valence-electron chi connectivity index (χ0n) is 11.2. The number of nitrogens with zero attached hydrogens (tertiary/aromatic N) is 2. The van der Waals surface area contributed by atoms with Gasteiger partial charge in [-0.15, -0.1) is 0 Å². The van der Waals surface area contributed by atoms with Crippen molar-refractivity contribution in [3.8, 4) is 17.0 Å². The van der Waals surface area contributed by atoms with E-state index in [4.69, 9.17) is 9.84 Å². The predicted molar refractivity (Wildman–Crippen MR) is 73.1 cm³/mol. The minimum absolute atomic E-state index is 0.285. The first kappa shape index (κ1) is 13.8. The standard InChI is InChI=1S/C14H14N2O4/c1-3-16-13(17)11(14(18)19)8-12(15-16)9-4-6-10(20-2)7-5-9/h4-8H,3H2,1-2H3,(H,18,19). The van der Waals surface area contributed by atoms with E-state index in [-0.39, 0.29) is 5.56 Å². The molecule has 6 nitrogen and oxygen atoms in total. The summed E-state index contributed by atoms with van der Waals surface area (Å²) in [6, 6.07) is 8.31. The zero-order valence-corrected chi connectivity index (χ0v) is 11.2. The van der Waals surface area contributed by atoms with E-state index in [1.807, 2.05) is 0 Å². The number of carboxylic acids is 1. The number of aromatic nitrogens is 2. The molecular formula is C14H14N2O4. The zero-order chi connectivity index (χ0) is 14.7. The van der Waals surface area contributed by atoms with Crippen molar-refractivity contribution >= 4 is 5.97 Å². The number of rotatable bonds is 4. The molecule has 0 unspecified atom stereocenters. The number of carboxylic acid groups (broad SMARTS) is 1. The van der Waals surface area contributed by atoms with Gasteiger partial charge in [0.25, 0.3) is 5.56 Å². The SMILES string of the molecule is CCn1nc(-c2ccc(OC)cc2)cc(C(=O)O)c1=O. The fourth-order valence-corrected chi connectivity index (χ4v) is 1.81. The van der Waals surface area contributed by atoms with E-state index in [1.54, 1.807) is 38.3 Å². The Morgan fingerprint density at radius 2 is 2.00 bits per heavy atom. The number of hydrogen-bond donors (Lipinski definition) is 1.